The van der Waals surface area contributed by atoms with Crippen LogP contribution in [-0.4, -0.2) is 24.2 Å². The lowest BCUT2D eigenvalue weighted by molar-refractivity contribution is -0.137. The van der Waals surface area contributed by atoms with E-state index in [1.54, 1.807) is 0 Å². The van der Waals surface area contributed by atoms with E-state index in [1.165, 1.54) is 0 Å². The molecule has 82 valence electrons. The Morgan fingerprint density at radius 1 is 1.40 bits per heavy atom. The van der Waals surface area contributed by atoms with Gasteiger partial charge in [-0.3, -0.25) is 4.79 Å². The van der Waals surface area contributed by atoms with Gasteiger partial charge in [-0.15, -0.1) is 0 Å². The van der Waals surface area contributed by atoms with Crippen molar-refractivity contribution in [1.29, 1.82) is 0 Å². The molecule has 0 bridgehead atoms. The van der Waals surface area contributed by atoms with Crippen molar-refractivity contribution in [2.45, 2.75) is 12.5 Å². The van der Waals surface area contributed by atoms with E-state index >= 15 is 0 Å². The van der Waals surface area contributed by atoms with Crippen molar-refractivity contribution < 1.29 is 9.90 Å². The van der Waals surface area contributed by atoms with E-state index in [-0.39, 0.29) is 12.5 Å². The Balaban J connectivity index is 2.67. The number of nitrogens with two attached hydrogens (primary N) is 1. The fourth-order valence-electron chi connectivity index (χ4n) is 1.43. The van der Waals surface area contributed by atoms with Crippen LogP contribution in [0.25, 0.3) is 0 Å². The Kier molecular flexibility index (Phi) is 4.80. The van der Waals surface area contributed by atoms with Gasteiger partial charge in [0.2, 0.25) is 0 Å². The molecule has 0 heterocycles. The van der Waals surface area contributed by atoms with E-state index in [0.717, 1.165) is 5.56 Å². The van der Waals surface area contributed by atoms with Gasteiger partial charge in [-0.2, -0.15) is 0 Å². The Bertz CT molecular complexity index is 301. The standard InChI is InChI=1S/C11H16N2O2/c12-6-7-13-10(8-11(14)15)9-4-2-1-3-5-9/h1-5,10,13H,6-8,12H2,(H,14,15). The molecule has 1 rings (SSSR count). The zero-order valence-electron chi connectivity index (χ0n) is 8.52. The fraction of sp³-hybridized carbons (Fsp3) is 0.364. The zero-order chi connectivity index (χ0) is 11.1. The molecule has 1 aromatic rings. The lowest BCUT2D eigenvalue weighted by Crippen LogP contribution is -2.28. The number of aliphatic carboxylic acids is 1. The first-order valence-corrected chi connectivity index (χ1v) is 4.94. The highest BCUT2D eigenvalue weighted by molar-refractivity contribution is 5.67. The van der Waals surface area contributed by atoms with Crippen molar-refractivity contribution in [1.82, 2.24) is 5.32 Å². The number of carboxylic acids is 1. The maximum atomic E-state index is 10.7. The SMILES string of the molecule is NCCNC(CC(=O)O)c1ccccc1. The van der Waals surface area contributed by atoms with Gasteiger partial charge in [-0.25, -0.2) is 0 Å². The van der Waals surface area contributed by atoms with Gasteiger partial charge in [-0.05, 0) is 5.56 Å². The third kappa shape index (κ3) is 4.10. The lowest BCUT2D eigenvalue weighted by atomic mass is 10.0. The molecule has 0 aliphatic carbocycles. The Morgan fingerprint density at radius 2 is 2.07 bits per heavy atom. The number of hydrogen-bond acceptors (Lipinski definition) is 3. The first-order valence-electron chi connectivity index (χ1n) is 4.94. The minimum Gasteiger partial charge on any atom is -0.481 e. The second-order valence-electron chi connectivity index (χ2n) is 3.30. The second-order valence-corrected chi connectivity index (χ2v) is 3.30. The van der Waals surface area contributed by atoms with Crippen LogP contribution in [0.1, 0.15) is 18.0 Å². The molecule has 15 heavy (non-hydrogen) atoms. The second kappa shape index (κ2) is 6.16. The van der Waals surface area contributed by atoms with Crippen LogP contribution in [-0.2, 0) is 4.79 Å². The summed E-state index contributed by atoms with van der Waals surface area (Å²) in [5, 5.41) is 11.9. The maximum Gasteiger partial charge on any atom is 0.305 e. The van der Waals surface area contributed by atoms with Crippen LogP contribution >= 0.6 is 0 Å². The first kappa shape index (κ1) is 11.7. The molecule has 0 aromatic heterocycles. The van der Waals surface area contributed by atoms with Crippen molar-refractivity contribution >= 4 is 5.97 Å². The summed E-state index contributed by atoms with van der Waals surface area (Å²) in [5.41, 5.74) is 6.36. The molecule has 4 N–H and O–H groups in total. The van der Waals surface area contributed by atoms with E-state index in [0.29, 0.717) is 13.1 Å². The van der Waals surface area contributed by atoms with Gasteiger partial charge in [0.1, 0.15) is 0 Å². The highest BCUT2D eigenvalue weighted by atomic mass is 16.4. The molecule has 0 amide bonds. The van der Waals surface area contributed by atoms with Crippen molar-refractivity contribution in [2.75, 3.05) is 13.1 Å². The first-order chi connectivity index (χ1) is 7.24. The normalized spacial score (nSPS) is 12.3. The largest absolute Gasteiger partial charge is 0.481 e. The van der Waals surface area contributed by atoms with Crippen LogP contribution in [0.4, 0.5) is 0 Å². The summed E-state index contributed by atoms with van der Waals surface area (Å²) >= 11 is 0. The summed E-state index contributed by atoms with van der Waals surface area (Å²) in [4.78, 5) is 10.7. The van der Waals surface area contributed by atoms with Crippen molar-refractivity contribution in [3.63, 3.8) is 0 Å². The van der Waals surface area contributed by atoms with Gasteiger partial charge in [-0.1, -0.05) is 30.3 Å². The zero-order valence-corrected chi connectivity index (χ0v) is 8.52. The van der Waals surface area contributed by atoms with Crippen LogP contribution in [0.3, 0.4) is 0 Å². The summed E-state index contributed by atoms with van der Waals surface area (Å²) in [7, 11) is 0. The van der Waals surface area contributed by atoms with Gasteiger partial charge in [0.15, 0.2) is 0 Å². The van der Waals surface area contributed by atoms with Crippen molar-refractivity contribution in [3.8, 4) is 0 Å². The van der Waals surface area contributed by atoms with Gasteiger partial charge in [0.25, 0.3) is 0 Å². The van der Waals surface area contributed by atoms with E-state index in [1.807, 2.05) is 30.3 Å². The Hall–Kier alpha value is -1.39. The Morgan fingerprint density at radius 3 is 2.60 bits per heavy atom. The Labute approximate surface area is 89.1 Å². The minimum absolute atomic E-state index is 0.0734. The van der Waals surface area contributed by atoms with Gasteiger partial charge >= 0.3 is 5.97 Å². The molecule has 0 aliphatic heterocycles. The predicted molar refractivity (Wildman–Crippen MR) is 58.5 cm³/mol. The molecule has 1 unspecified atom stereocenters. The average Bonchev–Trinajstić information content (AvgIpc) is 2.25. The van der Waals surface area contributed by atoms with E-state index in [9.17, 15) is 4.79 Å². The molecule has 4 heteroatoms. The molecule has 1 atom stereocenters. The van der Waals surface area contributed by atoms with Gasteiger partial charge < -0.3 is 16.2 Å². The number of carbonyl (C=O) groups is 1. The average molecular weight is 208 g/mol. The smallest absolute Gasteiger partial charge is 0.305 e. The summed E-state index contributed by atoms with van der Waals surface area (Å²) < 4.78 is 0. The van der Waals surface area contributed by atoms with E-state index in [2.05, 4.69) is 5.32 Å². The van der Waals surface area contributed by atoms with Crippen LogP contribution in [0.15, 0.2) is 30.3 Å². The van der Waals surface area contributed by atoms with Crippen LogP contribution in [0.2, 0.25) is 0 Å². The molecule has 0 fully saturated rings. The third-order valence-electron chi connectivity index (χ3n) is 2.12. The highest BCUT2D eigenvalue weighted by Crippen LogP contribution is 2.15. The number of nitrogens with one attached hydrogen (secondary N) is 1. The molecule has 4 nitrogen and oxygen atoms in total. The number of hydrogen-bond donors (Lipinski definition) is 3. The predicted octanol–water partition coefficient (Wildman–Crippen LogP) is 0.751. The fourth-order valence-corrected chi connectivity index (χ4v) is 1.43. The molecular formula is C11H16N2O2. The quantitative estimate of drug-likeness (QED) is 0.645. The van der Waals surface area contributed by atoms with E-state index in [4.69, 9.17) is 10.8 Å². The van der Waals surface area contributed by atoms with Crippen molar-refractivity contribution in [2.24, 2.45) is 5.73 Å². The van der Waals surface area contributed by atoms with Crippen LogP contribution in [0.5, 0.6) is 0 Å². The van der Waals surface area contributed by atoms with Crippen molar-refractivity contribution in [3.05, 3.63) is 35.9 Å². The number of rotatable bonds is 6. The molecule has 0 aliphatic rings. The summed E-state index contributed by atoms with van der Waals surface area (Å²) in [6.07, 6.45) is 0.0734. The third-order valence-corrected chi connectivity index (χ3v) is 2.12. The maximum absolute atomic E-state index is 10.7. The summed E-state index contributed by atoms with van der Waals surface area (Å²) in [5.74, 6) is -0.812. The summed E-state index contributed by atoms with van der Waals surface area (Å²) in [6, 6.07) is 9.37. The van der Waals surface area contributed by atoms with Crippen LogP contribution in [0, 0.1) is 0 Å². The van der Waals surface area contributed by atoms with Gasteiger partial charge in [0.05, 0.1) is 6.42 Å². The number of carboxylic acid groups (broad SMARTS) is 1. The molecular weight excluding hydrogens is 192 g/mol. The molecule has 0 spiro atoms. The lowest BCUT2D eigenvalue weighted by Gasteiger charge is -2.16. The number of benzene rings is 1. The highest BCUT2D eigenvalue weighted by Gasteiger charge is 2.13. The van der Waals surface area contributed by atoms with Gasteiger partial charge in [0, 0.05) is 19.1 Å². The monoisotopic (exact) mass is 208 g/mol. The molecule has 1 aromatic carbocycles. The summed E-state index contributed by atoms with van der Waals surface area (Å²) in [6.45, 7) is 1.12. The molecule has 0 saturated heterocycles. The molecule has 0 radical (unpaired) electrons. The van der Waals surface area contributed by atoms with E-state index < -0.39 is 5.97 Å². The van der Waals surface area contributed by atoms with Crippen LogP contribution < -0.4 is 11.1 Å². The minimum atomic E-state index is -0.812. The molecule has 0 saturated carbocycles. The topological polar surface area (TPSA) is 75.3 Å².